The van der Waals surface area contributed by atoms with Crippen molar-refractivity contribution in [2.24, 2.45) is 0 Å². The Bertz CT molecular complexity index is 961. The molecule has 0 bridgehead atoms. The molecule has 1 aliphatic rings. The normalized spacial score (nSPS) is 20.3. The van der Waals surface area contributed by atoms with E-state index < -0.39 is 24.1 Å². The molecule has 0 aliphatic carbocycles. The molecule has 4 atom stereocenters. The molecule has 0 aromatic heterocycles. The van der Waals surface area contributed by atoms with Crippen LogP contribution in [-0.4, -0.2) is 35.8 Å². The maximum absolute atomic E-state index is 11.4. The Kier molecular flexibility index (Phi) is 7.91. The summed E-state index contributed by atoms with van der Waals surface area (Å²) in [4.78, 5) is 0. The first-order valence-corrected chi connectivity index (χ1v) is 11.4. The van der Waals surface area contributed by atoms with E-state index in [0.717, 1.165) is 16.7 Å². The van der Waals surface area contributed by atoms with Crippen LogP contribution in [0.2, 0.25) is 0 Å². The Hall–Kier alpha value is -2.54. The quantitative estimate of drug-likeness (QED) is 0.471. The second kappa shape index (κ2) is 11.1. The Balaban J connectivity index is 1.61. The van der Waals surface area contributed by atoms with Gasteiger partial charge in [-0.25, -0.2) is 0 Å². The molecule has 0 saturated carbocycles. The fraction of sp³-hybridized carbons (Fsp3) is 0.357. The zero-order chi connectivity index (χ0) is 23.1. The summed E-state index contributed by atoms with van der Waals surface area (Å²) in [7, 11) is 0. The smallest absolute Gasteiger partial charge is 0.163 e. The first-order chi connectivity index (χ1) is 16.0. The van der Waals surface area contributed by atoms with Crippen LogP contribution in [-0.2, 0) is 32.2 Å². The molecule has 5 heteroatoms. The van der Waals surface area contributed by atoms with Gasteiger partial charge in [-0.3, -0.25) is 0 Å². The molecule has 1 fully saturated rings. The number of aliphatic hydroxyl groups is 1. The number of rotatable bonds is 10. The number of hydrogen-bond acceptors (Lipinski definition) is 5. The van der Waals surface area contributed by atoms with Crippen LogP contribution in [0, 0.1) is 0 Å². The van der Waals surface area contributed by atoms with E-state index in [1.807, 2.05) is 105 Å². The van der Waals surface area contributed by atoms with Crippen molar-refractivity contribution >= 4 is 0 Å². The van der Waals surface area contributed by atoms with Crippen molar-refractivity contribution in [1.29, 1.82) is 0 Å². The van der Waals surface area contributed by atoms with E-state index in [1.165, 1.54) is 0 Å². The average molecular weight is 449 g/mol. The number of benzene rings is 3. The topological polar surface area (TPSA) is 57.2 Å². The van der Waals surface area contributed by atoms with E-state index in [4.69, 9.17) is 18.9 Å². The summed E-state index contributed by atoms with van der Waals surface area (Å²) in [6.07, 6.45) is -2.50. The first-order valence-electron chi connectivity index (χ1n) is 11.4. The highest BCUT2D eigenvalue weighted by Gasteiger charge is 2.44. The Morgan fingerprint density at radius 3 is 1.85 bits per heavy atom. The minimum Gasteiger partial charge on any atom is -0.386 e. The van der Waals surface area contributed by atoms with Crippen molar-refractivity contribution in [3.8, 4) is 0 Å². The minimum atomic E-state index is -0.900. The highest BCUT2D eigenvalue weighted by atomic mass is 16.8. The summed E-state index contributed by atoms with van der Waals surface area (Å²) >= 11 is 0. The van der Waals surface area contributed by atoms with Gasteiger partial charge < -0.3 is 24.1 Å². The molecule has 1 aliphatic heterocycles. The molecule has 0 amide bonds. The Morgan fingerprint density at radius 1 is 0.818 bits per heavy atom. The lowest BCUT2D eigenvalue weighted by atomic mass is 9.96. The lowest BCUT2D eigenvalue weighted by Gasteiger charge is -2.34. The van der Waals surface area contributed by atoms with Crippen LogP contribution in [0.5, 0.6) is 0 Å². The standard InChI is InChI=1S/C28H32O5/c1-28(2)32-20-24(33-28)26(30-18-21-12-6-3-7-13-21)27(25(29)23-16-10-5-11-17-23)31-19-22-14-8-4-9-15-22/h3-17,24-27,29H,18-20H2,1-2H3/t24-,25?,26-,27-/m1/s1. The van der Waals surface area contributed by atoms with E-state index in [0.29, 0.717) is 19.8 Å². The van der Waals surface area contributed by atoms with E-state index in [9.17, 15) is 5.11 Å². The van der Waals surface area contributed by atoms with Crippen LogP contribution in [0.3, 0.4) is 0 Å². The fourth-order valence-corrected chi connectivity index (χ4v) is 4.03. The van der Waals surface area contributed by atoms with Crippen molar-refractivity contribution in [2.45, 2.75) is 57.3 Å². The van der Waals surface area contributed by atoms with Gasteiger partial charge in [0.1, 0.15) is 24.4 Å². The van der Waals surface area contributed by atoms with E-state index in [1.54, 1.807) is 0 Å². The SMILES string of the molecule is CC1(C)OC[C@H]([C@@H](OCc2ccccc2)[C@H](OCc2ccccc2)C(O)c2ccccc2)O1. The average Bonchev–Trinajstić information content (AvgIpc) is 3.21. The molecule has 3 aromatic carbocycles. The van der Waals surface area contributed by atoms with Crippen molar-refractivity contribution in [2.75, 3.05) is 6.61 Å². The molecule has 1 heterocycles. The molecule has 1 unspecified atom stereocenters. The number of hydrogen-bond donors (Lipinski definition) is 1. The van der Waals surface area contributed by atoms with E-state index in [-0.39, 0.29) is 6.10 Å². The van der Waals surface area contributed by atoms with Crippen LogP contribution in [0.25, 0.3) is 0 Å². The zero-order valence-corrected chi connectivity index (χ0v) is 19.2. The highest BCUT2D eigenvalue weighted by Crippen LogP contribution is 2.32. The Labute approximate surface area is 195 Å². The molecule has 1 saturated heterocycles. The number of ether oxygens (including phenoxy) is 4. The molecular formula is C28H32O5. The summed E-state index contributed by atoms with van der Waals surface area (Å²) in [5, 5.41) is 11.4. The third-order valence-corrected chi connectivity index (χ3v) is 5.74. The van der Waals surface area contributed by atoms with Crippen LogP contribution in [0.4, 0.5) is 0 Å². The minimum absolute atomic E-state index is 0.345. The second-order valence-electron chi connectivity index (χ2n) is 8.75. The van der Waals surface area contributed by atoms with Crippen molar-refractivity contribution in [3.63, 3.8) is 0 Å². The lowest BCUT2D eigenvalue weighted by Crippen LogP contribution is -2.46. The van der Waals surface area contributed by atoms with Gasteiger partial charge in [0.05, 0.1) is 19.8 Å². The van der Waals surface area contributed by atoms with Crippen LogP contribution in [0.1, 0.15) is 36.6 Å². The predicted octanol–water partition coefficient (Wildman–Crippen LogP) is 5.04. The van der Waals surface area contributed by atoms with Crippen LogP contribution >= 0.6 is 0 Å². The van der Waals surface area contributed by atoms with Gasteiger partial charge in [0, 0.05) is 0 Å². The monoisotopic (exact) mass is 448 g/mol. The van der Waals surface area contributed by atoms with Crippen molar-refractivity contribution < 1.29 is 24.1 Å². The zero-order valence-electron chi connectivity index (χ0n) is 19.2. The summed E-state index contributed by atoms with van der Waals surface area (Å²) in [5.74, 6) is -0.722. The molecule has 5 nitrogen and oxygen atoms in total. The lowest BCUT2D eigenvalue weighted by molar-refractivity contribution is -0.195. The van der Waals surface area contributed by atoms with E-state index in [2.05, 4.69) is 0 Å². The van der Waals surface area contributed by atoms with Gasteiger partial charge in [-0.1, -0.05) is 91.0 Å². The van der Waals surface area contributed by atoms with Crippen LogP contribution < -0.4 is 0 Å². The van der Waals surface area contributed by atoms with E-state index >= 15 is 0 Å². The van der Waals surface area contributed by atoms with Crippen molar-refractivity contribution in [3.05, 3.63) is 108 Å². The van der Waals surface area contributed by atoms with Gasteiger partial charge >= 0.3 is 0 Å². The predicted molar refractivity (Wildman–Crippen MR) is 126 cm³/mol. The molecule has 1 N–H and O–H groups in total. The van der Waals surface area contributed by atoms with Gasteiger partial charge in [0.25, 0.3) is 0 Å². The maximum atomic E-state index is 11.4. The van der Waals surface area contributed by atoms with Gasteiger partial charge in [-0.2, -0.15) is 0 Å². The van der Waals surface area contributed by atoms with Crippen molar-refractivity contribution in [1.82, 2.24) is 0 Å². The third-order valence-electron chi connectivity index (χ3n) is 5.74. The summed E-state index contributed by atoms with van der Waals surface area (Å²) < 4.78 is 24.8. The molecule has 0 radical (unpaired) electrons. The molecule has 174 valence electrons. The third kappa shape index (κ3) is 6.50. The molecule has 3 aromatic rings. The summed E-state index contributed by atoms with van der Waals surface area (Å²) in [6.45, 7) is 4.85. The molecule has 33 heavy (non-hydrogen) atoms. The highest BCUT2D eigenvalue weighted by molar-refractivity contribution is 5.20. The molecular weight excluding hydrogens is 416 g/mol. The number of aliphatic hydroxyl groups excluding tert-OH is 1. The van der Waals surface area contributed by atoms with Gasteiger partial charge in [-0.15, -0.1) is 0 Å². The van der Waals surface area contributed by atoms with Gasteiger partial charge in [0.2, 0.25) is 0 Å². The maximum Gasteiger partial charge on any atom is 0.163 e. The molecule has 0 spiro atoms. The Morgan fingerprint density at radius 2 is 1.33 bits per heavy atom. The first kappa shape index (κ1) is 23.6. The summed E-state index contributed by atoms with van der Waals surface area (Å²) in [5.41, 5.74) is 2.83. The van der Waals surface area contributed by atoms with Crippen LogP contribution in [0.15, 0.2) is 91.0 Å². The summed E-state index contributed by atoms with van der Waals surface area (Å²) in [6, 6.07) is 29.4. The van der Waals surface area contributed by atoms with Gasteiger partial charge in [0.15, 0.2) is 5.79 Å². The second-order valence-corrected chi connectivity index (χ2v) is 8.75. The van der Waals surface area contributed by atoms with Gasteiger partial charge in [-0.05, 0) is 30.5 Å². The fourth-order valence-electron chi connectivity index (χ4n) is 4.03. The molecule has 4 rings (SSSR count). The largest absolute Gasteiger partial charge is 0.386 e.